The lowest BCUT2D eigenvalue weighted by molar-refractivity contribution is -0.127. The maximum absolute atomic E-state index is 12.1. The highest BCUT2D eigenvalue weighted by atomic mass is 16.5. The largest absolute Gasteiger partial charge is 0.338 e. The van der Waals surface area contributed by atoms with E-state index in [9.17, 15) is 4.79 Å². The van der Waals surface area contributed by atoms with E-state index in [1.165, 1.54) is 0 Å². The van der Waals surface area contributed by atoms with Gasteiger partial charge in [0.1, 0.15) is 0 Å². The molecule has 1 saturated heterocycles. The average molecular weight is 313 g/mol. The summed E-state index contributed by atoms with van der Waals surface area (Å²) < 4.78 is 5.29. The van der Waals surface area contributed by atoms with Gasteiger partial charge in [0, 0.05) is 37.8 Å². The predicted molar refractivity (Wildman–Crippen MR) is 81.3 cm³/mol. The van der Waals surface area contributed by atoms with Crippen molar-refractivity contribution in [2.45, 2.75) is 43.8 Å². The molecular formula is C16H19N5O2. The van der Waals surface area contributed by atoms with Crippen molar-refractivity contribution in [3.8, 4) is 0 Å². The van der Waals surface area contributed by atoms with E-state index in [0.29, 0.717) is 24.8 Å². The maximum Gasteiger partial charge on any atom is 0.240 e. The fourth-order valence-corrected chi connectivity index (χ4v) is 3.13. The van der Waals surface area contributed by atoms with Crippen molar-refractivity contribution in [3.63, 3.8) is 0 Å². The number of nitrogens with one attached hydrogen (secondary N) is 1. The molecule has 2 aromatic rings. The van der Waals surface area contributed by atoms with Gasteiger partial charge < -0.3 is 14.7 Å². The molecule has 120 valence electrons. The zero-order chi connectivity index (χ0) is 15.8. The Balaban J connectivity index is 1.46. The second-order valence-corrected chi connectivity index (χ2v) is 6.25. The monoisotopic (exact) mass is 313 g/mol. The second kappa shape index (κ2) is 5.73. The third kappa shape index (κ3) is 2.84. The van der Waals surface area contributed by atoms with Crippen LogP contribution in [0.3, 0.4) is 0 Å². The van der Waals surface area contributed by atoms with E-state index >= 15 is 0 Å². The number of carbonyl (C=O) groups is 1. The van der Waals surface area contributed by atoms with Gasteiger partial charge in [0.15, 0.2) is 5.82 Å². The summed E-state index contributed by atoms with van der Waals surface area (Å²) in [7, 11) is 1.83. The van der Waals surface area contributed by atoms with Crippen LogP contribution in [0.25, 0.3) is 0 Å². The number of rotatable bonds is 5. The van der Waals surface area contributed by atoms with Gasteiger partial charge in [0.05, 0.1) is 12.6 Å². The number of nitrogens with zero attached hydrogens (tertiary/aromatic N) is 4. The summed E-state index contributed by atoms with van der Waals surface area (Å²) in [6.45, 7) is 0.474. The van der Waals surface area contributed by atoms with Crippen LogP contribution in [0, 0.1) is 0 Å². The van der Waals surface area contributed by atoms with Gasteiger partial charge in [-0.1, -0.05) is 11.2 Å². The topological polar surface area (TPSA) is 84.2 Å². The third-order valence-electron chi connectivity index (χ3n) is 4.55. The van der Waals surface area contributed by atoms with Crippen LogP contribution in [0.4, 0.5) is 0 Å². The SMILES string of the molecule is CN1C(=O)C[C@@H](NCc2nc(C3CC3)no2)[C@@H]1c1cccnc1. The minimum atomic E-state index is -0.0259. The van der Waals surface area contributed by atoms with Crippen molar-refractivity contribution in [2.24, 2.45) is 0 Å². The summed E-state index contributed by atoms with van der Waals surface area (Å²) in [4.78, 5) is 22.5. The Bertz CT molecular complexity index is 698. The fraction of sp³-hybridized carbons (Fsp3) is 0.500. The van der Waals surface area contributed by atoms with Crippen LogP contribution in [-0.4, -0.2) is 39.0 Å². The lowest BCUT2D eigenvalue weighted by atomic mass is 10.0. The fourth-order valence-electron chi connectivity index (χ4n) is 3.13. The van der Waals surface area contributed by atoms with E-state index in [1.807, 2.05) is 25.4 Å². The molecule has 0 radical (unpaired) electrons. The molecule has 0 unspecified atom stereocenters. The molecule has 23 heavy (non-hydrogen) atoms. The van der Waals surface area contributed by atoms with E-state index < -0.39 is 0 Å². The highest BCUT2D eigenvalue weighted by molar-refractivity contribution is 5.80. The quantitative estimate of drug-likeness (QED) is 0.898. The van der Waals surface area contributed by atoms with Crippen molar-refractivity contribution >= 4 is 5.91 Å². The minimum absolute atomic E-state index is 0.00738. The highest BCUT2D eigenvalue weighted by Crippen LogP contribution is 2.38. The Kier molecular flexibility index (Phi) is 3.57. The summed E-state index contributed by atoms with van der Waals surface area (Å²) in [5.74, 6) is 2.00. The predicted octanol–water partition coefficient (Wildman–Crippen LogP) is 1.40. The van der Waals surface area contributed by atoms with Crippen LogP contribution >= 0.6 is 0 Å². The summed E-state index contributed by atoms with van der Waals surface area (Å²) in [6, 6.07) is 3.87. The number of hydrogen-bond donors (Lipinski definition) is 1. The number of likely N-dealkylation sites (N-methyl/N-ethyl adjacent to an activating group) is 1. The van der Waals surface area contributed by atoms with Gasteiger partial charge in [0.25, 0.3) is 0 Å². The van der Waals surface area contributed by atoms with Crippen molar-refractivity contribution in [1.82, 2.24) is 25.3 Å². The van der Waals surface area contributed by atoms with Crippen LogP contribution in [0.2, 0.25) is 0 Å². The van der Waals surface area contributed by atoms with E-state index in [0.717, 1.165) is 24.2 Å². The Morgan fingerprint density at radius 3 is 3.04 bits per heavy atom. The van der Waals surface area contributed by atoms with Crippen LogP contribution in [-0.2, 0) is 11.3 Å². The molecular weight excluding hydrogens is 294 g/mol. The van der Waals surface area contributed by atoms with Crippen molar-refractivity contribution in [3.05, 3.63) is 41.8 Å². The van der Waals surface area contributed by atoms with Gasteiger partial charge in [-0.2, -0.15) is 4.98 Å². The van der Waals surface area contributed by atoms with Gasteiger partial charge in [-0.3, -0.25) is 9.78 Å². The van der Waals surface area contributed by atoms with Crippen LogP contribution < -0.4 is 5.32 Å². The molecule has 4 rings (SSSR count). The molecule has 7 nitrogen and oxygen atoms in total. The average Bonchev–Trinajstić information content (AvgIpc) is 3.24. The molecule has 1 aliphatic heterocycles. The van der Waals surface area contributed by atoms with E-state index in [4.69, 9.17) is 4.52 Å². The van der Waals surface area contributed by atoms with E-state index in [-0.39, 0.29) is 18.0 Å². The number of likely N-dealkylation sites (tertiary alicyclic amines) is 1. The molecule has 2 fully saturated rings. The number of hydrogen-bond acceptors (Lipinski definition) is 6. The third-order valence-corrected chi connectivity index (χ3v) is 4.55. The number of amides is 1. The highest BCUT2D eigenvalue weighted by Gasteiger charge is 2.38. The number of aromatic nitrogens is 3. The zero-order valence-corrected chi connectivity index (χ0v) is 13.0. The lowest BCUT2D eigenvalue weighted by Gasteiger charge is -2.25. The molecule has 1 aliphatic carbocycles. The van der Waals surface area contributed by atoms with Crippen molar-refractivity contribution in [1.29, 1.82) is 0 Å². The van der Waals surface area contributed by atoms with Gasteiger partial charge in [0.2, 0.25) is 11.8 Å². The first-order chi connectivity index (χ1) is 11.2. The molecule has 7 heteroatoms. The smallest absolute Gasteiger partial charge is 0.240 e. The van der Waals surface area contributed by atoms with Gasteiger partial charge >= 0.3 is 0 Å². The molecule has 0 aromatic carbocycles. The second-order valence-electron chi connectivity index (χ2n) is 6.25. The Hall–Kier alpha value is -2.28. The van der Waals surface area contributed by atoms with Crippen molar-refractivity contribution < 1.29 is 9.32 Å². The first kappa shape index (κ1) is 14.3. The maximum atomic E-state index is 12.1. The Morgan fingerprint density at radius 2 is 2.30 bits per heavy atom. The molecule has 2 aliphatic rings. The Labute approximate surface area is 134 Å². The summed E-state index contributed by atoms with van der Waals surface area (Å²) in [5.41, 5.74) is 1.03. The number of pyridine rings is 1. The molecule has 1 amide bonds. The molecule has 3 heterocycles. The molecule has 1 saturated carbocycles. The first-order valence-electron chi connectivity index (χ1n) is 7.94. The molecule has 0 bridgehead atoms. The summed E-state index contributed by atoms with van der Waals surface area (Å²) >= 11 is 0. The van der Waals surface area contributed by atoms with Crippen molar-refractivity contribution in [2.75, 3.05) is 7.05 Å². The summed E-state index contributed by atoms with van der Waals surface area (Å²) in [6.07, 6.45) is 6.31. The molecule has 1 N–H and O–H groups in total. The molecule has 2 atom stereocenters. The zero-order valence-electron chi connectivity index (χ0n) is 13.0. The normalized spacial score (nSPS) is 24.4. The van der Waals surface area contributed by atoms with Crippen LogP contribution in [0.5, 0.6) is 0 Å². The first-order valence-corrected chi connectivity index (χ1v) is 7.94. The van der Waals surface area contributed by atoms with Gasteiger partial charge in [-0.05, 0) is 24.5 Å². The summed E-state index contributed by atoms with van der Waals surface area (Å²) in [5, 5.41) is 7.41. The van der Waals surface area contributed by atoms with Gasteiger partial charge in [-0.25, -0.2) is 0 Å². The number of carbonyl (C=O) groups excluding carboxylic acids is 1. The molecule has 2 aromatic heterocycles. The van der Waals surface area contributed by atoms with E-state index in [2.05, 4.69) is 20.4 Å². The van der Waals surface area contributed by atoms with Gasteiger partial charge in [-0.15, -0.1) is 0 Å². The lowest BCUT2D eigenvalue weighted by Crippen LogP contribution is -2.34. The van der Waals surface area contributed by atoms with Crippen LogP contribution in [0.15, 0.2) is 29.0 Å². The van der Waals surface area contributed by atoms with E-state index in [1.54, 1.807) is 11.1 Å². The molecule has 0 spiro atoms. The standard InChI is InChI=1S/C16H19N5O2/c1-21-14(22)7-12(15(21)11-3-2-6-17-8-11)18-9-13-19-16(20-23-13)10-4-5-10/h2-3,6,8,10,12,15,18H,4-5,7,9H2,1H3/t12-,15+/m1/s1. The Morgan fingerprint density at radius 1 is 1.43 bits per heavy atom. The minimum Gasteiger partial charge on any atom is -0.338 e. The van der Waals surface area contributed by atoms with Crippen LogP contribution in [0.1, 0.15) is 48.5 Å².